The first kappa shape index (κ1) is 15.5. The van der Waals surface area contributed by atoms with E-state index < -0.39 is 11.6 Å². The summed E-state index contributed by atoms with van der Waals surface area (Å²) < 4.78 is 13.4. The van der Waals surface area contributed by atoms with E-state index in [4.69, 9.17) is 23.2 Å². The number of ketones is 1. The molecule has 3 aromatic carbocycles. The maximum Gasteiger partial charge on any atom is 0.195 e. The summed E-state index contributed by atoms with van der Waals surface area (Å²) in [4.78, 5) is 12.7. The van der Waals surface area contributed by atoms with Crippen molar-refractivity contribution >= 4 is 39.8 Å². The van der Waals surface area contributed by atoms with Crippen LogP contribution in [0.1, 0.15) is 21.5 Å². The Bertz CT molecular complexity index is 992. The average Bonchev–Trinajstić information content (AvgIpc) is 2.55. The van der Waals surface area contributed by atoms with Gasteiger partial charge in [-0.1, -0.05) is 35.3 Å². The molecule has 0 N–H and O–H groups in total. The molecular formula is C18H8Cl2FNO. The molecule has 0 fully saturated rings. The lowest BCUT2D eigenvalue weighted by molar-refractivity contribution is 0.103. The third-order valence-electron chi connectivity index (χ3n) is 3.51. The van der Waals surface area contributed by atoms with Gasteiger partial charge in [0.15, 0.2) is 5.78 Å². The highest BCUT2D eigenvalue weighted by Crippen LogP contribution is 2.28. The number of benzene rings is 3. The highest BCUT2D eigenvalue weighted by molar-refractivity contribution is 6.35. The molecule has 23 heavy (non-hydrogen) atoms. The maximum absolute atomic E-state index is 13.4. The summed E-state index contributed by atoms with van der Waals surface area (Å²) in [7, 11) is 0. The van der Waals surface area contributed by atoms with Gasteiger partial charge in [0.1, 0.15) is 11.9 Å². The summed E-state index contributed by atoms with van der Waals surface area (Å²) in [6.45, 7) is 0. The predicted molar refractivity (Wildman–Crippen MR) is 88.5 cm³/mol. The number of nitriles is 1. The molecule has 0 aromatic heterocycles. The van der Waals surface area contributed by atoms with E-state index >= 15 is 0 Å². The van der Waals surface area contributed by atoms with Crippen molar-refractivity contribution in [3.05, 3.63) is 81.1 Å². The number of carbonyl (C=O) groups is 1. The predicted octanol–water partition coefficient (Wildman–Crippen LogP) is 5.39. The van der Waals surface area contributed by atoms with Crippen LogP contribution in [-0.4, -0.2) is 5.78 Å². The minimum atomic E-state index is -0.569. The lowest BCUT2D eigenvalue weighted by Gasteiger charge is -2.09. The molecule has 5 heteroatoms. The normalized spacial score (nSPS) is 10.5. The minimum Gasteiger partial charge on any atom is -0.289 e. The Hall–Kier alpha value is -2.41. The van der Waals surface area contributed by atoms with Crippen molar-refractivity contribution < 1.29 is 9.18 Å². The van der Waals surface area contributed by atoms with Crippen molar-refractivity contribution in [1.82, 2.24) is 0 Å². The molecule has 112 valence electrons. The smallest absolute Gasteiger partial charge is 0.195 e. The maximum atomic E-state index is 13.4. The van der Waals surface area contributed by atoms with Crippen molar-refractivity contribution in [2.75, 3.05) is 0 Å². The van der Waals surface area contributed by atoms with E-state index in [1.54, 1.807) is 30.3 Å². The third kappa shape index (κ3) is 2.79. The van der Waals surface area contributed by atoms with Crippen LogP contribution in [0.25, 0.3) is 10.8 Å². The fraction of sp³-hybridized carbons (Fsp3) is 0. The zero-order valence-electron chi connectivity index (χ0n) is 11.6. The second kappa shape index (κ2) is 6.00. The molecule has 0 radical (unpaired) electrons. The molecule has 0 amide bonds. The third-order valence-corrected chi connectivity index (χ3v) is 4.08. The molecule has 0 aliphatic heterocycles. The van der Waals surface area contributed by atoms with Gasteiger partial charge < -0.3 is 0 Å². The van der Waals surface area contributed by atoms with Gasteiger partial charge in [0, 0.05) is 21.5 Å². The van der Waals surface area contributed by atoms with E-state index in [1.807, 2.05) is 6.07 Å². The van der Waals surface area contributed by atoms with Crippen molar-refractivity contribution in [3.63, 3.8) is 0 Å². The monoisotopic (exact) mass is 343 g/mol. The number of hydrogen-bond acceptors (Lipinski definition) is 2. The summed E-state index contributed by atoms with van der Waals surface area (Å²) in [5, 5.41) is 11.4. The van der Waals surface area contributed by atoms with Gasteiger partial charge in [0.25, 0.3) is 0 Å². The van der Waals surface area contributed by atoms with E-state index in [-0.39, 0.29) is 21.7 Å². The van der Waals surface area contributed by atoms with Crippen LogP contribution < -0.4 is 0 Å². The Morgan fingerprint density at radius 1 is 1.00 bits per heavy atom. The Labute approximate surface area is 141 Å². The molecule has 3 aromatic rings. The summed E-state index contributed by atoms with van der Waals surface area (Å²) in [5.41, 5.74) is 0.370. The number of rotatable bonds is 2. The van der Waals surface area contributed by atoms with Crippen LogP contribution in [-0.2, 0) is 0 Å². The van der Waals surface area contributed by atoms with E-state index in [0.717, 1.165) is 11.5 Å². The molecule has 0 atom stereocenters. The summed E-state index contributed by atoms with van der Waals surface area (Å²) >= 11 is 12.0. The average molecular weight is 344 g/mol. The van der Waals surface area contributed by atoms with Gasteiger partial charge >= 0.3 is 0 Å². The van der Waals surface area contributed by atoms with Crippen LogP contribution in [0.2, 0.25) is 10.0 Å². The molecule has 0 bridgehead atoms. The number of nitrogens with zero attached hydrogens (tertiary/aromatic N) is 1. The fourth-order valence-corrected chi connectivity index (χ4v) is 2.79. The zero-order valence-corrected chi connectivity index (χ0v) is 13.1. The highest BCUT2D eigenvalue weighted by atomic mass is 35.5. The Morgan fingerprint density at radius 2 is 1.74 bits per heavy atom. The molecule has 0 saturated carbocycles. The van der Waals surface area contributed by atoms with Gasteiger partial charge in [-0.2, -0.15) is 5.26 Å². The Balaban J connectivity index is 2.26. The molecule has 0 unspecified atom stereocenters. The van der Waals surface area contributed by atoms with E-state index in [9.17, 15) is 14.4 Å². The van der Waals surface area contributed by atoms with Crippen LogP contribution >= 0.6 is 23.2 Å². The van der Waals surface area contributed by atoms with Gasteiger partial charge in [0.2, 0.25) is 0 Å². The van der Waals surface area contributed by atoms with Gasteiger partial charge in [-0.05, 0) is 41.8 Å². The fourth-order valence-electron chi connectivity index (χ4n) is 2.42. The first-order chi connectivity index (χ1) is 11.0. The van der Waals surface area contributed by atoms with Gasteiger partial charge in [-0.15, -0.1) is 0 Å². The van der Waals surface area contributed by atoms with Crippen molar-refractivity contribution in [1.29, 1.82) is 5.26 Å². The second-order valence-electron chi connectivity index (χ2n) is 4.92. The standard InChI is InChI=1S/C18H8Cl2FNO/c19-11-3-1-10-2-5-13(16(9-22)14(10)7-11)18(23)15-8-12(21)4-6-17(15)20/h1-8H. The molecule has 2 nitrogen and oxygen atoms in total. The molecule has 0 aliphatic carbocycles. The summed E-state index contributed by atoms with van der Waals surface area (Å²) in [5.74, 6) is -1.08. The lowest BCUT2D eigenvalue weighted by Crippen LogP contribution is -2.06. The molecule has 0 spiro atoms. The van der Waals surface area contributed by atoms with Crippen LogP contribution in [0.4, 0.5) is 4.39 Å². The largest absolute Gasteiger partial charge is 0.289 e. The topological polar surface area (TPSA) is 40.9 Å². The van der Waals surface area contributed by atoms with Gasteiger partial charge in [-0.3, -0.25) is 4.79 Å². The molecule has 3 rings (SSSR count). The minimum absolute atomic E-state index is 0.0181. The SMILES string of the molecule is N#Cc1c(C(=O)c2cc(F)ccc2Cl)ccc2ccc(Cl)cc12. The number of halogens is 3. The molecule has 0 saturated heterocycles. The number of carbonyl (C=O) groups excluding carboxylic acids is 1. The van der Waals surface area contributed by atoms with Crippen LogP contribution in [0, 0.1) is 17.1 Å². The van der Waals surface area contributed by atoms with Gasteiger partial charge in [-0.25, -0.2) is 4.39 Å². The number of hydrogen-bond donors (Lipinski definition) is 0. The Kier molecular flexibility index (Phi) is 4.04. The highest BCUT2D eigenvalue weighted by Gasteiger charge is 2.19. The van der Waals surface area contributed by atoms with Crippen LogP contribution in [0.3, 0.4) is 0 Å². The molecule has 0 heterocycles. The van der Waals surface area contributed by atoms with E-state index in [0.29, 0.717) is 10.4 Å². The van der Waals surface area contributed by atoms with Crippen molar-refractivity contribution in [2.45, 2.75) is 0 Å². The quantitative estimate of drug-likeness (QED) is 0.585. The summed E-state index contributed by atoms with van der Waals surface area (Å²) in [6, 6.07) is 13.9. The van der Waals surface area contributed by atoms with Crippen molar-refractivity contribution in [3.8, 4) is 6.07 Å². The van der Waals surface area contributed by atoms with E-state index in [2.05, 4.69) is 0 Å². The van der Waals surface area contributed by atoms with Gasteiger partial charge in [0.05, 0.1) is 10.6 Å². The van der Waals surface area contributed by atoms with Crippen LogP contribution in [0.15, 0.2) is 48.5 Å². The van der Waals surface area contributed by atoms with Crippen LogP contribution in [0.5, 0.6) is 0 Å². The number of fused-ring (bicyclic) bond motifs is 1. The first-order valence-electron chi connectivity index (χ1n) is 6.63. The van der Waals surface area contributed by atoms with E-state index in [1.165, 1.54) is 12.1 Å². The van der Waals surface area contributed by atoms with Crippen molar-refractivity contribution in [2.24, 2.45) is 0 Å². The molecule has 0 aliphatic rings. The molecular weight excluding hydrogens is 336 g/mol. The lowest BCUT2D eigenvalue weighted by atomic mass is 9.94. The second-order valence-corrected chi connectivity index (χ2v) is 5.76. The summed E-state index contributed by atoms with van der Waals surface area (Å²) in [6.07, 6.45) is 0. The first-order valence-corrected chi connectivity index (χ1v) is 7.39. The zero-order chi connectivity index (χ0) is 16.6. The Morgan fingerprint density at radius 3 is 2.48 bits per heavy atom.